The van der Waals surface area contributed by atoms with E-state index in [0.29, 0.717) is 17.1 Å². The molecule has 6 rings (SSSR count). The van der Waals surface area contributed by atoms with Gasteiger partial charge in [0.15, 0.2) is 6.23 Å². The van der Waals surface area contributed by atoms with Gasteiger partial charge in [-0.2, -0.15) is 4.98 Å². The van der Waals surface area contributed by atoms with E-state index >= 15 is 0 Å². The highest BCUT2D eigenvalue weighted by Gasteiger charge is 2.46. The number of carbonyl (C=O) groups is 1. The van der Waals surface area contributed by atoms with E-state index in [2.05, 4.69) is 10.3 Å². The van der Waals surface area contributed by atoms with Crippen molar-refractivity contribution in [1.29, 1.82) is 0 Å². The molecular formula is C37H35N3O8. The lowest BCUT2D eigenvalue weighted by Crippen LogP contribution is -2.39. The third-order valence-electron chi connectivity index (χ3n) is 8.36. The number of hydrogen-bond donors (Lipinski definition) is 3. The number of carbonyl (C=O) groups excluding carboxylic acids is 1. The van der Waals surface area contributed by atoms with E-state index in [-0.39, 0.29) is 12.4 Å². The van der Waals surface area contributed by atoms with E-state index in [0.717, 1.165) is 21.3 Å². The minimum Gasteiger partial charge on any atom is -0.497 e. The van der Waals surface area contributed by atoms with E-state index in [4.69, 9.17) is 18.9 Å². The molecule has 0 unspecified atom stereocenters. The quantitative estimate of drug-likeness (QED) is 0.180. The normalized spacial score (nSPS) is 19.1. The Morgan fingerprint density at radius 3 is 1.88 bits per heavy atom. The number of methoxy groups -OCH3 is 2. The number of nitrogens with zero attached hydrogens (tertiary/aromatic N) is 2. The average Bonchev–Trinajstić information content (AvgIpc) is 3.42. The van der Waals surface area contributed by atoms with Gasteiger partial charge in [-0.05, 0) is 59.2 Å². The number of aliphatic hydroxyl groups is 2. The van der Waals surface area contributed by atoms with Gasteiger partial charge in [0, 0.05) is 11.8 Å². The fourth-order valence-electron chi connectivity index (χ4n) is 5.83. The summed E-state index contributed by atoms with van der Waals surface area (Å²) in [7, 11) is 3.18. The molecule has 0 bridgehead atoms. The minimum atomic E-state index is -1.48. The van der Waals surface area contributed by atoms with Crippen molar-refractivity contribution < 1.29 is 34.0 Å². The fourth-order valence-corrected chi connectivity index (χ4v) is 5.83. The largest absolute Gasteiger partial charge is 0.497 e. The molecule has 3 N–H and O–H groups in total. The molecule has 1 aliphatic rings. The highest BCUT2D eigenvalue weighted by molar-refractivity contribution is 6.03. The smallest absolute Gasteiger partial charge is 0.351 e. The lowest BCUT2D eigenvalue weighted by Gasteiger charge is -2.37. The van der Waals surface area contributed by atoms with Crippen molar-refractivity contribution in [2.24, 2.45) is 0 Å². The van der Waals surface area contributed by atoms with Crippen molar-refractivity contribution in [2.45, 2.75) is 30.1 Å². The summed E-state index contributed by atoms with van der Waals surface area (Å²) in [5.74, 6) is 0.937. The lowest BCUT2D eigenvalue weighted by atomic mass is 9.80. The first-order valence-electron chi connectivity index (χ1n) is 15.3. The molecule has 0 spiro atoms. The van der Waals surface area contributed by atoms with Gasteiger partial charge in [0.2, 0.25) is 0 Å². The Morgan fingerprint density at radius 2 is 1.33 bits per heavy atom. The second-order valence-corrected chi connectivity index (χ2v) is 11.2. The molecule has 11 nitrogen and oxygen atoms in total. The zero-order chi connectivity index (χ0) is 33.7. The molecule has 4 atom stereocenters. The Morgan fingerprint density at radius 1 is 0.792 bits per heavy atom. The highest BCUT2D eigenvalue weighted by atomic mass is 16.6. The van der Waals surface area contributed by atoms with E-state index in [9.17, 15) is 19.8 Å². The van der Waals surface area contributed by atoms with Crippen LogP contribution in [-0.2, 0) is 15.1 Å². The van der Waals surface area contributed by atoms with Gasteiger partial charge < -0.3 is 34.5 Å². The van der Waals surface area contributed by atoms with Crippen LogP contribution >= 0.6 is 0 Å². The summed E-state index contributed by atoms with van der Waals surface area (Å²) in [5, 5.41) is 24.8. The van der Waals surface area contributed by atoms with E-state index in [1.807, 2.05) is 78.9 Å². The molecule has 11 heteroatoms. The molecule has 1 saturated heterocycles. The van der Waals surface area contributed by atoms with Crippen LogP contribution in [0.15, 0.2) is 126 Å². The van der Waals surface area contributed by atoms with Crippen LogP contribution in [0.25, 0.3) is 0 Å². The molecule has 48 heavy (non-hydrogen) atoms. The molecule has 0 radical (unpaired) electrons. The summed E-state index contributed by atoms with van der Waals surface area (Å²) in [6.07, 6.45) is -3.83. The summed E-state index contributed by atoms with van der Waals surface area (Å²) in [5.41, 5.74) is 0.783. The summed E-state index contributed by atoms with van der Waals surface area (Å²) < 4.78 is 24.8. The molecule has 1 fully saturated rings. The third-order valence-corrected chi connectivity index (χ3v) is 8.36. The summed E-state index contributed by atoms with van der Waals surface area (Å²) in [6, 6.07) is 34.5. The topological polar surface area (TPSA) is 141 Å². The predicted molar refractivity (Wildman–Crippen MR) is 177 cm³/mol. The molecule has 1 aliphatic heterocycles. The van der Waals surface area contributed by atoms with Gasteiger partial charge in [-0.1, -0.05) is 72.8 Å². The second kappa shape index (κ2) is 14.2. The zero-order valence-corrected chi connectivity index (χ0v) is 26.3. The Bertz CT molecular complexity index is 1840. The minimum absolute atomic E-state index is 0.0321. The molecule has 1 amide bonds. The first-order chi connectivity index (χ1) is 23.3. The molecule has 0 saturated carbocycles. The number of rotatable bonds is 11. The molecule has 5 aromatic rings. The van der Waals surface area contributed by atoms with Crippen molar-refractivity contribution >= 4 is 11.7 Å². The molecule has 1 aromatic heterocycles. The maximum absolute atomic E-state index is 13.1. The van der Waals surface area contributed by atoms with Crippen molar-refractivity contribution in [2.75, 3.05) is 26.1 Å². The van der Waals surface area contributed by atoms with Gasteiger partial charge in [-0.3, -0.25) is 9.36 Å². The Labute approximate surface area is 277 Å². The van der Waals surface area contributed by atoms with Crippen LogP contribution in [0.4, 0.5) is 5.82 Å². The number of hydrogen-bond acceptors (Lipinski definition) is 9. The first kappa shape index (κ1) is 32.6. The van der Waals surface area contributed by atoms with Crippen LogP contribution in [0.1, 0.15) is 33.3 Å². The maximum Gasteiger partial charge on any atom is 0.351 e. The highest BCUT2D eigenvalue weighted by Crippen LogP contribution is 2.42. The SMILES string of the molecule is COc1ccc(C(OC[C@H]2O[C@@H](n3ccc(NC(=O)c4ccccc4)nc3=O)[C@@H](O)[C@@H]2O)(c2ccccc2)c2ccc(OC)cc2)cc1. The second-order valence-electron chi connectivity index (χ2n) is 11.2. The van der Waals surface area contributed by atoms with Crippen molar-refractivity contribution in [3.63, 3.8) is 0 Å². The average molecular weight is 650 g/mol. The number of anilines is 1. The predicted octanol–water partition coefficient (Wildman–Crippen LogP) is 4.14. The Balaban J connectivity index is 1.29. The molecule has 0 aliphatic carbocycles. The first-order valence-corrected chi connectivity index (χ1v) is 15.3. The van der Waals surface area contributed by atoms with Crippen molar-refractivity contribution in [1.82, 2.24) is 9.55 Å². The molecule has 2 heterocycles. The molecule has 4 aromatic carbocycles. The summed E-state index contributed by atoms with van der Waals surface area (Å²) in [4.78, 5) is 29.6. The lowest BCUT2D eigenvalue weighted by molar-refractivity contribution is -0.0958. The number of ether oxygens (including phenoxy) is 4. The van der Waals surface area contributed by atoms with Crippen molar-refractivity contribution in [3.8, 4) is 11.5 Å². The van der Waals surface area contributed by atoms with E-state index in [1.165, 1.54) is 12.3 Å². The zero-order valence-electron chi connectivity index (χ0n) is 26.3. The van der Waals surface area contributed by atoms with Crippen LogP contribution < -0.4 is 20.5 Å². The van der Waals surface area contributed by atoms with Crippen LogP contribution in [0.3, 0.4) is 0 Å². The molecule has 246 valence electrons. The number of benzene rings is 4. The Kier molecular flexibility index (Phi) is 9.65. The van der Waals surface area contributed by atoms with E-state index in [1.54, 1.807) is 44.6 Å². The van der Waals surface area contributed by atoms with Crippen LogP contribution in [0.5, 0.6) is 11.5 Å². The summed E-state index contributed by atoms with van der Waals surface area (Å²) >= 11 is 0. The van der Waals surface area contributed by atoms with Gasteiger partial charge in [0.1, 0.15) is 41.2 Å². The van der Waals surface area contributed by atoms with Crippen LogP contribution in [0.2, 0.25) is 0 Å². The summed E-state index contributed by atoms with van der Waals surface area (Å²) in [6.45, 7) is -0.172. The van der Waals surface area contributed by atoms with Crippen LogP contribution in [0, 0.1) is 0 Å². The number of aromatic nitrogens is 2. The van der Waals surface area contributed by atoms with Gasteiger partial charge in [0.05, 0.1) is 20.8 Å². The fraction of sp³-hybridized carbons (Fsp3) is 0.216. The van der Waals surface area contributed by atoms with E-state index < -0.39 is 41.7 Å². The Hall–Kier alpha value is -5.33. The standard InChI is InChI=1S/C37H35N3O8/c1-45-28-17-13-26(14-18-28)37(25-11-7-4-8-12-25,27-15-19-29(46-2)20-16-27)47-23-30-32(41)33(42)35(48-30)40-22-21-31(39-36(40)44)38-34(43)24-9-5-3-6-10-24/h3-22,30,32-33,35,41-42H,23H2,1-2H3,(H,38,39,43,44)/t30-,32-,33+,35-/m1/s1. The molecular weight excluding hydrogens is 614 g/mol. The maximum atomic E-state index is 13.1. The number of nitrogens with one attached hydrogen (secondary N) is 1. The number of aliphatic hydroxyl groups excluding tert-OH is 2. The van der Waals surface area contributed by atoms with Crippen LogP contribution in [-0.4, -0.2) is 64.8 Å². The van der Waals surface area contributed by atoms with Gasteiger partial charge in [-0.15, -0.1) is 0 Å². The van der Waals surface area contributed by atoms with Crippen molar-refractivity contribution in [3.05, 3.63) is 154 Å². The monoisotopic (exact) mass is 649 g/mol. The van der Waals surface area contributed by atoms with Gasteiger partial charge >= 0.3 is 5.69 Å². The van der Waals surface area contributed by atoms with Gasteiger partial charge in [0.25, 0.3) is 5.91 Å². The third kappa shape index (κ3) is 6.44. The number of amides is 1. The van der Waals surface area contributed by atoms with Gasteiger partial charge in [-0.25, -0.2) is 4.79 Å².